The largest absolute Gasteiger partial charge is 0.256 e. The van der Waals surface area contributed by atoms with E-state index >= 15 is 0 Å². The van der Waals surface area contributed by atoms with Gasteiger partial charge in [-0.15, -0.1) is 11.3 Å². The number of fused-ring (bicyclic) bond motifs is 3. The lowest BCUT2D eigenvalue weighted by molar-refractivity contribution is 1.32. The maximum Gasteiger partial charge on any atom is 0.187 e. The Morgan fingerprint density at radius 3 is 1.28 bits per heavy atom. The molecular formula is C60H36N4S. The van der Waals surface area contributed by atoms with Crippen LogP contribution in [0, 0.1) is 17.9 Å². The predicted octanol–water partition coefficient (Wildman–Crippen LogP) is 16.6. The first-order valence-corrected chi connectivity index (χ1v) is 22.2. The number of benzene rings is 8. The molecule has 0 N–H and O–H groups in total. The Balaban J connectivity index is 0.968. The predicted molar refractivity (Wildman–Crippen MR) is 269 cm³/mol. The number of thiophene rings is 1. The lowest BCUT2D eigenvalue weighted by Crippen LogP contribution is -1.88. The normalized spacial score (nSPS) is 11.0. The molecule has 0 bridgehead atoms. The van der Waals surface area contributed by atoms with Crippen molar-refractivity contribution in [3.05, 3.63) is 236 Å². The van der Waals surface area contributed by atoms with Crippen LogP contribution in [0.15, 0.2) is 219 Å². The molecule has 0 unspecified atom stereocenters. The Bertz CT molecular complexity index is 3440. The van der Waals surface area contributed by atoms with Crippen LogP contribution in [0.4, 0.5) is 5.69 Å². The molecule has 5 heteroatoms. The van der Waals surface area contributed by atoms with Crippen LogP contribution in [0.3, 0.4) is 0 Å². The molecule has 8 aromatic carbocycles. The first-order chi connectivity index (χ1) is 32.1. The Morgan fingerprint density at radius 2 is 0.815 bits per heavy atom. The van der Waals surface area contributed by atoms with Gasteiger partial charge < -0.3 is 0 Å². The fraction of sp³-hybridized carbons (Fsp3) is 0. The quantitative estimate of drug-likeness (QED) is 0.143. The zero-order valence-corrected chi connectivity index (χ0v) is 35.8. The van der Waals surface area contributed by atoms with Gasteiger partial charge in [-0.25, -0.2) is 4.85 Å². The molecule has 3 heterocycles. The highest BCUT2D eigenvalue weighted by Crippen LogP contribution is 2.45. The highest BCUT2D eigenvalue weighted by molar-refractivity contribution is 7.26. The molecular weight excluding hydrogens is 809 g/mol. The standard InChI is InChI=1S/C60H36N4S/c1-62-52-29-25-46(26-30-52)58-32-28-48(38-64-58)41-19-23-43(24-20-41)50-33-49(42-21-17-40(18-22-42)47-27-31-57(63-37-47)45-15-13-39(36-61)14-16-45)34-51(35-50)54-10-6-12-56-55-11-5-9-53(59(55)65-60(54)56)44-7-3-2-4-8-44/h2-35,37-38H. The molecule has 0 aliphatic rings. The monoisotopic (exact) mass is 844 g/mol. The maximum absolute atomic E-state index is 9.21. The third-order valence-electron chi connectivity index (χ3n) is 12.1. The van der Waals surface area contributed by atoms with Gasteiger partial charge in [0.05, 0.1) is 29.6 Å². The van der Waals surface area contributed by atoms with E-state index in [0.717, 1.165) is 72.6 Å². The highest BCUT2D eigenvalue weighted by Gasteiger charge is 2.16. The molecule has 65 heavy (non-hydrogen) atoms. The van der Waals surface area contributed by atoms with Crippen molar-refractivity contribution in [3.63, 3.8) is 0 Å². The fourth-order valence-electron chi connectivity index (χ4n) is 8.61. The summed E-state index contributed by atoms with van der Waals surface area (Å²) in [6.07, 6.45) is 3.84. The van der Waals surface area contributed by atoms with Crippen molar-refractivity contribution in [1.82, 2.24) is 9.97 Å². The summed E-state index contributed by atoms with van der Waals surface area (Å²) in [5.74, 6) is 0. The van der Waals surface area contributed by atoms with Crippen molar-refractivity contribution in [3.8, 4) is 95.3 Å². The maximum atomic E-state index is 9.21. The Morgan fingerprint density at radius 1 is 0.385 bits per heavy atom. The molecule has 0 aliphatic heterocycles. The van der Waals surface area contributed by atoms with Gasteiger partial charge in [0.1, 0.15) is 0 Å². The lowest BCUT2D eigenvalue weighted by atomic mass is 9.91. The van der Waals surface area contributed by atoms with Crippen LogP contribution in [0.1, 0.15) is 5.56 Å². The Hall–Kier alpha value is -8.74. The summed E-state index contributed by atoms with van der Waals surface area (Å²) in [7, 11) is 0. The topological polar surface area (TPSA) is 53.9 Å². The van der Waals surface area contributed by atoms with Crippen molar-refractivity contribution in [1.29, 1.82) is 5.26 Å². The van der Waals surface area contributed by atoms with Crippen LogP contribution in [0.25, 0.3) is 114 Å². The van der Waals surface area contributed by atoms with E-state index in [0.29, 0.717) is 11.3 Å². The van der Waals surface area contributed by atoms with E-state index < -0.39 is 0 Å². The second kappa shape index (κ2) is 16.9. The summed E-state index contributed by atoms with van der Waals surface area (Å²) in [5, 5.41) is 11.7. The molecule has 11 rings (SSSR count). The molecule has 0 saturated carbocycles. The van der Waals surface area contributed by atoms with Gasteiger partial charge in [-0.3, -0.25) is 9.97 Å². The van der Waals surface area contributed by atoms with E-state index in [1.165, 1.54) is 36.9 Å². The van der Waals surface area contributed by atoms with Gasteiger partial charge in [0, 0.05) is 49.3 Å². The molecule has 4 nitrogen and oxygen atoms in total. The molecule has 0 radical (unpaired) electrons. The summed E-state index contributed by atoms with van der Waals surface area (Å²) < 4.78 is 2.57. The number of nitriles is 1. The van der Waals surface area contributed by atoms with Crippen LogP contribution < -0.4 is 0 Å². The molecule has 0 amide bonds. The number of pyridine rings is 2. The van der Waals surface area contributed by atoms with Crippen molar-refractivity contribution >= 4 is 37.2 Å². The number of aromatic nitrogens is 2. The number of rotatable bonds is 8. The zero-order valence-electron chi connectivity index (χ0n) is 35.0. The van der Waals surface area contributed by atoms with Crippen molar-refractivity contribution in [2.45, 2.75) is 0 Å². The summed E-state index contributed by atoms with van der Waals surface area (Å²) in [5.41, 5.74) is 18.6. The first kappa shape index (κ1) is 39.1. The van der Waals surface area contributed by atoms with E-state index in [1.54, 1.807) is 0 Å². The van der Waals surface area contributed by atoms with E-state index in [1.807, 2.05) is 84.4 Å². The summed E-state index contributed by atoms with van der Waals surface area (Å²) >= 11 is 1.87. The van der Waals surface area contributed by atoms with E-state index in [2.05, 4.69) is 157 Å². The number of hydrogen-bond donors (Lipinski definition) is 0. The molecule has 0 aliphatic carbocycles. The van der Waals surface area contributed by atoms with Gasteiger partial charge in [0.2, 0.25) is 0 Å². The SMILES string of the molecule is [C-]#[N+]c1ccc(-c2ccc(-c3ccc(-c4cc(-c5ccc(-c6ccc(-c7ccc(C#N)cc7)nc6)cc5)cc(-c5cccc6c5sc5c(-c7ccccc7)cccc56)c4)cc3)cn2)cc1. The minimum atomic E-state index is 0.619. The van der Waals surface area contributed by atoms with Gasteiger partial charge in [-0.2, -0.15) is 5.26 Å². The van der Waals surface area contributed by atoms with Gasteiger partial charge in [-0.1, -0.05) is 164 Å². The van der Waals surface area contributed by atoms with E-state index in [9.17, 15) is 5.26 Å². The third-order valence-corrected chi connectivity index (χ3v) is 13.4. The zero-order chi connectivity index (χ0) is 43.7. The second-order valence-electron chi connectivity index (χ2n) is 16.0. The van der Waals surface area contributed by atoms with Crippen LogP contribution in [0.2, 0.25) is 0 Å². The third kappa shape index (κ3) is 7.64. The average molecular weight is 845 g/mol. The highest BCUT2D eigenvalue weighted by atomic mass is 32.1. The Labute approximate surface area is 381 Å². The van der Waals surface area contributed by atoms with Crippen molar-refractivity contribution in [2.24, 2.45) is 0 Å². The second-order valence-corrected chi connectivity index (χ2v) is 17.0. The Kier molecular flexibility index (Phi) is 10.1. The number of nitrogens with zero attached hydrogens (tertiary/aromatic N) is 4. The summed E-state index contributed by atoms with van der Waals surface area (Å²) in [4.78, 5) is 13.1. The van der Waals surface area contributed by atoms with E-state index in [4.69, 9.17) is 16.5 Å². The van der Waals surface area contributed by atoms with Crippen molar-refractivity contribution in [2.75, 3.05) is 0 Å². The van der Waals surface area contributed by atoms with Crippen LogP contribution >= 0.6 is 11.3 Å². The molecule has 11 aromatic rings. The van der Waals surface area contributed by atoms with Crippen LogP contribution in [0.5, 0.6) is 0 Å². The molecule has 302 valence electrons. The number of hydrogen-bond acceptors (Lipinski definition) is 4. The molecule has 0 saturated heterocycles. The minimum Gasteiger partial charge on any atom is -0.256 e. The summed E-state index contributed by atoms with van der Waals surface area (Å²) in [6, 6.07) is 74.1. The van der Waals surface area contributed by atoms with Gasteiger partial charge in [-0.05, 0) is 104 Å². The average Bonchev–Trinajstić information content (AvgIpc) is 3.78. The van der Waals surface area contributed by atoms with Gasteiger partial charge in [0.15, 0.2) is 5.69 Å². The van der Waals surface area contributed by atoms with Crippen molar-refractivity contribution < 1.29 is 0 Å². The van der Waals surface area contributed by atoms with E-state index in [-0.39, 0.29) is 0 Å². The fourth-order valence-corrected chi connectivity index (χ4v) is 9.98. The van der Waals surface area contributed by atoms with Crippen LogP contribution in [-0.4, -0.2) is 9.97 Å². The molecule has 0 fully saturated rings. The smallest absolute Gasteiger partial charge is 0.187 e. The van der Waals surface area contributed by atoms with Crippen LogP contribution in [-0.2, 0) is 0 Å². The lowest BCUT2D eigenvalue weighted by Gasteiger charge is -2.13. The first-order valence-electron chi connectivity index (χ1n) is 21.4. The van der Waals surface area contributed by atoms with Gasteiger partial charge >= 0.3 is 0 Å². The molecule has 3 aromatic heterocycles. The molecule has 0 atom stereocenters. The minimum absolute atomic E-state index is 0.619. The summed E-state index contributed by atoms with van der Waals surface area (Å²) in [6.45, 7) is 7.26. The molecule has 0 spiro atoms. The van der Waals surface area contributed by atoms with Gasteiger partial charge in [0.25, 0.3) is 0 Å².